The van der Waals surface area contributed by atoms with Crippen LogP contribution in [0.4, 0.5) is 4.39 Å². The molecule has 0 fully saturated rings. The third-order valence-electron chi connectivity index (χ3n) is 2.22. The zero-order valence-corrected chi connectivity index (χ0v) is 7.89. The Balaban J connectivity index is 5.02. The van der Waals surface area contributed by atoms with Gasteiger partial charge in [0.15, 0.2) is 5.54 Å². The van der Waals surface area contributed by atoms with E-state index in [1.807, 2.05) is 0 Å². The molecule has 3 N–H and O–H groups in total. The fourth-order valence-corrected chi connectivity index (χ4v) is 1.09. The van der Waals surface area contributed by atoms with Crippen LogP contribution >= 0.6 is 0 Å². The number of rotatable bonds is 2. The molecule has 12 heavy (non-hydrogen) atoms. The molecule has 2 unspecified atom stereocenters. The summed E-state index contributed by atoms with van der Waals surface area (Å²) in [7, 11) is 0. The predicted octanol–water partition coefficient (Wildman–Crippen LogP) is 1.17. The van der Waals surface area contributed by atoms with Gasteiger partial charge in [-0.3, -0.25) is 4.79 Å². The Morgan fingerprint density at radius 2 is 1.83 bits per heavy atom. The van der Waals surface area contributed by atoms with Gasteiger partial charge in [0.1, 0.15) is 6.17 Å². The van der Waals surface area contributed by atoms with Gasteiger partial charge in [0.25, 0.3) is 0 Å². The first-order valence-corrected chi connectivity index (χ1v) is 3.80. The lowest BCUT2D eigenvalue weighted by Gasteiger charge is -2.38. The second kappa shape index (κ2) is 3.01. The number of alkyl halides is 1. The maximum Gasteiger partial charge on any atom is 0.327 e. The topological polar surface area (TPSA) is 63.3 Å². The Labute approximate surface area is 71.8 Å². The van der Waals surface area contributed by atoms with E-state index in [0.717, 1.165) is 0 Å². The predicted molar refractivity (Wildman–Crippen MR) is 44.6 cm³/mol. The summed E-state index contributed by atoms with van der Waals surface area (Å²) < 4.78 is 13.0. The molecule has 0 aliphatic rings. The van der Waals surface area contributed by atoms with Crippen LogP contribution in [0.25, 0.3) is 0 Å². The van der Waals surface area contributed by atoms with E-state index in [0.29, 0.717) is 0 Å². The average Bonchev–Trinajstić information content (AvgIpc) is 1.82. The number of aliphatic carboxylic acids is 1. The number of hydrogen-bond acceptors (Lipinski definition) is 2. The van der Waals surface area contributed by atoms with Gasteiger partial charge in [-0.1, -0.05) is 20.8 Å². The quantitative estimate of drug-likeness (QED) is 0.665. The van der Waals surface area contributed by atoms with Crippen molar-refractivity contribution in [3.8, 4) is 0 Å². The van der Waals surface area contributed by atoms with E-state index >= 15 is 0 Å². The third-order valence-corrected chi connectivity index (χ3v) is 2.22. The molecule has 0 rings (SSSR count). The highest BCUT2D eigenvalue weighted by molar-refractivity contribution is 5.80. The molecule has 0 aromatic rings. The van der Waals surface area contributed by atoms with Crippen LogP contribution in [0.1, 0.15) is 27.7 Å². The van der Waals surface area contributed by atoms with Gasteiger partial charge in [0, 0.05) is 0 Å². The summed E-state index contributed by atoms with van der Waals surface area (Å²) in [5.41, 5.74) is 2.87. The lowest BCUT2D eigenvalue weighted by Crippen LogP contribution is -2.63. The number of halogens is 1. The lowest BCUT2D eigenvalue weighted by atomic mass is 9.72. The molecule has 0 spiro atoms. The number of nitrogens with two attached hydrogens (primary N) is 1. The van der Waals surface area contributed by atoms with E-state index in [1.165, 1.54) is 6.92 Å². The van der Waals surface area contributed by atoms with Crippen LogP contribution in [0.2, 0.25) is 0 Å². The molecule has 0 aliphatic carbocycles. The zero-order chi connectivity index (χ0) is 10.2. The molecule has 0 aliphatic heterocycles. The van der Waals surface area contributed by atoms with E-state index in [1.54, 1.807) is 20.8 Å². The van der Waals surface area contributed by atoms with Crippen molar-refractivity contribution in [1.82, 2.24) is 0 Å². The Morgan fingerprint density at radius 3 is 1.83 bits per heavy atom. The first-order valence-electron chi connectivity index (χ1n) is 3.80. The Kier molecular flexibility index (Phi) is 2.85. The van der Waals surface area contributed by atoms with Gasteiger partial charge in [0.05, 0.1) is 0 Å². The molecule has 0 aromatic heterocycles. The van der Waals surface area contributed by atoms with Crippen LogP contribution < -0.4 is 5.73 Å². The standard InChI is InChI=1S/C8H16FNO2/c1-5(9)8(10,6(11)12)7(2,3)4/h5H,10H2,1-4H3,(H,11,12). The number of carbonyl (C=O) groups is 1. The largest absolute Gasteiger partial charge is 0.480 e. The number of hydrogen-bond donors (Lipinski definition) is 2. The Bertz CT molecular complexity index is 186. The van der Waals surface area contributed by atoms with Gasteiger partial charge >= 0.3 is 5.97 Å². The molecule has 0 aromatic carbocycles. The molecule has 0 amide bonds. The molecular formula is C8H16FNO2. The van der Waals surface area contributed by atoms with Crippen LogP contribution in [0.5, 0.6) is 0 Å². The lowest BCUT2D eigenvalue weighted by molar-refractivity contribution is -0.151. The fourth-order valence-electron chi connectivity index (χ4n) is 1.09. The summed E-state index contributed by atoms with van der Waals surface area (Å²) in [6, 6.07) is 0. The maximum atomic E-state index is 13.0. The minimum Gasteiger partial charge on any atom is -0.480 e. The molecule has 0 heterocycles. The molecule has 0 radical (unpaired) electrons. The molecule has 72 valence electrons. The summed E-state index contributed by atoms with van der Waals surface area (Å²) in [5, 5.41) is 8.77. The first-order chi connectivity index (χ1) is 5.14. The molecule has 3 nitrogen and oxygen atoms in total. The third kappa shape index (κ3) is 1.58. The first kappa shape index (κ1) is 11.4. The van der Waals surface area contributed by atoms with Crippen molar-refractivity contribution in [1.29, 1.82) is 0 Å². The van der Waals surface area contributed by atoms with E-state index in [2.05, 4.69) is 0 Å². The minimum absolute atomic E-state index is 0.799. The van der Waals surface area contributed by atoms with Gasteiger partial charge in [-0.05, 0) is 12.3 Å². The van der Waals surface area contributed by atoms with Crippen LogP contribution in [-0.2, 0) is 4.79 Å². The van der Waals surface area contributed by atoms with Crippen LogP contribution in [0.15, 0.2) is 0 Å². The van der Waals surface area contributed by atoms with E-state index < -0.39 is 23.1 Å². The molecule has 4 heteroatoms. The highest BCUT2D eigenvalue weighted by atomic mass is 19.1. The Morgan fingerprint density at radius 1 is 1.50 bits per heavy atom. The van der Waals surface area contributed by atoms with Gasteiger partial charge < -0.3 is 10.8 Å². The Hall–Kier alpha value is -0.640. The number of carboxylic acid groups (broad SMARTS) is 1. The monoisotopic (exact) mass is 177 g/mol. The van der Waals surface area contributed by atoms with Crippen LogP contribution in [0, 0.1) is 5.41 Å². The summed E-state index contributed by atoms with van der Waals surface area (Å²) >= 11 is 0. The molecule has 0 saturated heterocycles. The molecule has 0 bridgehead atoms. The average molecular weight is 177 g/mol. The van der Waals surface area contributed by atoms with Crippen molar-refractivity contribution in [2.24, 2.45) is 11.1 Å². The SMILES string of the molecule is CC(F)C(N)(C(=O)O)C(C)(C)C. The van der Waals surface area contributed by atoms with Gasteiger partial charge in [-0.2, -0.15) is 0 Å². The summed E-state index contributed by atoms with van der Waals surface area (Å²) in [6.45, 7) is 5.99. The zero-order valence-electron chi connectivity index (χ0n) is 7.89. The molecule has 0 saturated carbocycles. The maximum absolute atomic E-state index is 13.0. The van der Waals surface area contributed by atoms with E-state index in [-0.39, 0.29) is 0 Å². The normalized spacial score (nSPS) is 19.8. The van der Waals surface area contributed by atoms with Gasteiger partial charge in [0.2, 0.25) is 0 Å². The summed E-state index contributed by atoms with van der Waals surface area (Å²) in [4.78, 5) is 10.7. The number of carboxylic acids is 1. The van der Waals surface area contributed by atoms with Gasteiger partial charge in [-0.15, -0.1) is 0 Å². The van der Waals surface area contributed by atoms with Crippen molar-refractivity contribution < 1.29 is 14.3 Å². The van der Waals surface area contributed by atoms with Crippen molar-refractivity contribution in [2.75, 3.05) is 0 Å². The van der Waals surface area contributed by atoms with E-state index in [4.69, 9.17) is 10.8 Å². The van der Waals surface area contributed by atoms with Gasteiger partial charge in [-0.25, -0.2) is 4.39 Å². The highest BCUT2D eigenvalue weighted by Gasteiger charge is 2.50. The van der Waals surface area contributed by atoms with Crippen molar-refractivity contribution in [3.05, 3.63) is 0 Å². The van der Waals surface area contributed by atoms with Crippen molar-refractivity contribution >= 4 is 5.97 Å². The second-order valence-electron chi connectivity index (χ2n) is 4.04. The molecule has 2 atom stereocenters. The van der Waals surface area contributed by atoms with Crippen molar-refractivity contribution in [3.63, 3.8) is 0 Å². The van der Waals surface area contributed by atoms with Crippen molar-refractivity contribution in [2.45, 2.75) is 39.4 Å². The smallest absolute Gasteiger partial charge is 0.327 e. The molecular weight excluding hydrogens is 161 g/mol. The summed E-state index contributed by atoms with van der Waals surface area (Å²) in [5.74, 6) is -1.30. The van der Waals surface area contributed by atoms with E-state index in [9.17, 15) is 9.18 Å². The fraction of sp³-hybridized carbons (Fsp3) is 0.875. The highest BCUT2D eigenvalue weighted by Crippen LogP contribution is 2.32. The summed E-state index contributed by atoms with van der Waals surface area (Å²) in [6.07, 6.45) is -1.57. The minimum atomic E-state index is -1.81. The van der Waals surface area contributed by atoms with Crippen LogP contribution in [0.3, 0.4) is 0 Å². The second-order valence-corrected chi connectivity index (χ2v) is 4.04. The van der Waals surface area contributed by atoms with Crippen LogP contribution in [-0.4, -0.2) is 22.8 Å².